The van der Waals surface area contributed by atoms with Crippen LogP contribution in [0.15, 0.2) is 35.9 Å². The summed E-state index contributed by atoms with van der Waals surface area (Å²) in [4.78, 5) is 37.4. The van der Waals surface area contributed by atoms with Gasteiger partial charge in [-0.2, -0.15) is 0 Å². The number of nitrogens with one attached hydrogen (secondary N) is 2. The maximum absolute atomic E-state index is 12.9. The predicted octanol–water partition coefficient (Wildman–Crippen LogP) is -2.28. The molecule has 1 aromatic carbocycles. The number of hydrogen-bond donors (Lipinski definition) is 6. The topological polar surface area (TPSA) is 168 Å². The molecule has 33 heavy (non-hydrogen) atoms. The van der Waals surface area contributed by atoms with Gasteiger partial charge in [-0.3, -0.25) is 14.4 Å². The number of primary amides is 1. The van der Waals surface area contributed by atoms with E-state index >= 15 is 0 Å². The Morgan fingerprint density at radius 3 is 2.45 bits per heavy atom. The van der Waals surface area contributed by atoms with Crippen LogP contribution >= 0.6 is 0 Å². The minimum Gasteiger partial charge on any atom is -0.497 e. The van der Waals surface area contributed by atoms with E-state index in [1.165, 1.54) is 6.08 Å². The third-order valence-electron chi connectivity index (χ3n) is 6.23. The molecule has 0 bridgehead atoms. The molecule has 0 radical (unpaired) electrons. The van der Waals surface area contributed by atoms with Crippen LogP contribution < -0.4 is 26.4 Å². The lowest BCUT2D eigenvalue weighted by atomic mass is 9.88. The van der Waals surface area contributed by atoms with Crippen molar-refractivity contribution in [2.45, 2.75) is 50.0 Å². The zero-order valence-electron chi connectivity index (χ0n) is 18.7. The SMILES string of the molecule is COc1ccc(C[C@H](NC(=O)C2=C[C@@H](NC(=O)C3CC[NH2+]CC3)[C@@H](O)[C@H](O)C2)C(N)=O)cc1. The predicted molar refractivity (Wildman–Crippen MR) is 119 cm³/mol. The molecule has 0 aromatic heterocycles. The largest absolute Gasteiger partial charge is 0.497 e. The summed E-state index contributed by atoms with van der Waals surface area (Å²) in [7, 11) is 1.55. The second-order valence-corrected chi connectivity index (χ2v) is 8.61. The number of nitrogens with two attached hydrogens (primary N) is 2. The van der Waals surface area contributed by atoms with Gasteiger partial charge in [0.2, 0.25) is 17.7 Å². The van der Waals surface area contributed by atoms with Gasteiger partial charge in [0, 0.05) is 37.2 Å². The van der Waals surface area contributed by atoms with E-state index in [9.17, 15) is 24.6 Å². The normalized spacial score (nSPS) is 24.3. The molecule has 0 unspecified atom stereocenters. The third kappa shape index (κ3) is 6.53. The van der Waals surface area contributed by atoms with E-state index in [1.807, 2.05) is 0 Å². The van der Waals surface area contributed by atoms with Gasteiger partial charge in [0.1, 0.15) is 17.9 Å². The molecule has 1 aliphatic carbocycles. The zero-order valence-corrected chi connectivity index (χ0v) is 18.7. The van der Waals surface area contributed by atoms with Crippen LogP contribution in [0.25, 0.3) is 0 Å². The Morgan fingerprint density at radius 1 is 1.18 bits per heavy atom. The molecule has 180 valence electrons. The molecule has 0 saturated carbocycles. The summed E-state index contributed by atoms with van der Waals surface area (Å²) in [6.45, 7) is 1.72. The summed E-state index contributed by atoms with van der Waals surface area (Å²) < 4.78 is 5.12. The first kappa shape index (κ1) is 24.7. The number of carbonyl (C=O) groups is 3. The van der Waals surface area contributed by atoms with E-state index in [-0.39, 0.29) is 30.2 Å². The number of rotatable bonds is 8. The van der Waals surface area contributed by atoms with Crippen LogP contribution in [0.3, 0.4) is 0 Å². The first-order valence-corrected chi connectivity index (χ1v) is 11.2. The lowest BCUT2D eigenvalue weighted by molar-refractivity contribution is -0.664. The lowest BCUT2D eigenvalue weighted by Crippen LogP contribution is -2.86. The van der Waals surface area contributed by atoms with Gasteiger partial charge < -0.3 is 36.6 Å². The molecular weight excluding hydrogens is 428 g/mol. The molecule has 3 amide bonds. The van der Waals surface area contributed by atoms with Crippen molar-refractivity contribution in [1.82, 2.24) is 10.6 Å². The number of quaternary nitrogens is 1. The molecule has 10 heteroatoms. The molecule has 0 spiro atoms. The van der Waals surface area contributed by atoms with E-state index < -0.39 is 36.1 Å². The fourth-order valence-corrected chi connectivity index (χ4v) is 4.21. The van der Waals surface area contributed by atoms with Gasteiger partial charge in [-0.05, 0) is 17.7 Å². The van der Waals surface area contributed by atoms with Crippen molar-refractivity contribution in [2.75, 3.05) is 20.2 Å². The molecule has 4 atom stereocenters. The molecule has 1 aromatic rings. The number of carbonyl (C=O) groups excluding carboxylic acids is 3. The Hall–Kier alpha value is -2.95. The van der Waals surface area contributed by atoms with E-state index in [2.05, 4.69) is 16.0 Å². The van der Waals surface area contributed by atoms with Gasteiger partial charge in [-0.1, -0.05) is 18.2 Å². The van der Waals surface area contributed by atoms with Gasteiger partial charge in [0.15, 0.2) is 0 Å². The Kier molecular flexibility index (Phi) is 8.43. The molecule has 2 aliphatic rings. The summed E-state index contributed by atoms with van der Waals surface area (Å²) >= 11 is 0. The standard InChI is InChI=1S/C23H32N4O6/c1-33-16-4-2-13(3-5-16)10-18(21(24)30)27-23(32)15-11-17(20(29)19(28)12-15)26-22(31)14-6-8-25-9-7-14/h2-5,11,14,17-20,25,28-29H,6-10,12H2,1H3,(H2,24,30)(H,26,31)(H,27,32)/p+1/t17-,18+,19-,20-/m1/s1. The van der Waals surface area contributed by atoms with Crippen molar-refractivity contribution < 1.29 is 34.7 Å². The molecular formula is C23H33N4O6+. The van der Waals surface area contributed by atoms with Crippen LogP contribution in [0.2, 0.25) is 0 Å². The fraction of sp³-hybridized carbons (Fsp3) is 0.522. The molecule has 1 saturated heterocycles. The van der Waals surface area contributed by atoms with Crippen LogP contribution in [0.1, 0.15) is 24.8 Å². The Bertz CT molecular complexity index is 881. The van der Waals surface area contributed by atoms with Crippen LogP contribution in [0.4, 0.5) is 0 Å². The van der Waals surface area contributed by atoms with Crippen LogP contribution in [0, 0.1) is 5.92 Å². The minimum absolute atomic E-state index is 0.105. The highest BCUT2D eigenvalue weighted by Gasteiger charge is 2.36. The van der Waals surface area contributed by atoms with Crippen LogP contribution in [0.5, 0.6) is 5.75 Å². The summed E-state index contributed by atoms with van der Waals surface area (Å²) in [6, 6.07) is 5.16. The minimum atomic E-state index is -1.23. The molecule has 1 fully saturated rings. The molecule has 3 rings (SSSR count). The van der Waals surface area contributed by atoms with Gasteiger partial charge in [0.05, 0.1) is 32.3 Å². The van der Waals surface area contributed by atoms with Crippen molar-refractivity contribution in [3.05, 3.63) is 41.5 Å². The maximum atomic E-state index is 12.9. The highest BCUT2D eigenvalue weighted by Crippen LogP contribution is 2.21. The zero-order chi connectivity index (χ0) is 24.0. The van der Waals surface area contributed by atoms with E-state index in [1.54, 1.807) is 31.4 Å². The number of aliphatic hydroxyl groups is 2. The molecule has 1 heterocycles. The van der Waals surface area contributed by atoms with Crippen molar-refractivity contribution >= 4 is 17.7 Å². The number of hydrogen-bond acceptors (Lipinski definition) is 6. The number of amides is 3. The number of piperidine rings is 1. The summed E-state index contributed by atoms with van der Waals surface area (Å²) in [6.07, 6.45) is 0.542. The van der Waals surface area contributed by atoms with E-state index in [4.69, 9.17) is 10.5 Å². The van der Waals surface area contributed by atoms with Crippen LogP contribution in [-0.4, -0.2) is 72.4 Å². The van der Waals surface area contributed by atoms with E-state index in [0.29, 0.717) is 5.75 Å². The quantitative estimate of drug-likeness (QED) is 0.255. The molecule has 1 aliphatic heterocycles. The number of benzene rings is 1. The number of ether oxygens (including phenoxy) is 1. The van der Waals surface area contributed by atoms with Gasteiger partial charge in [-0.25, -0.2) is 0 Å². The average molecular weight is 462 g/mol. The smallest absolute Gasteiger partial charge is 0.247 e. The summed E-state index contributed by atoms with van der Waals surface area (Å²) in [5.41, 5.74) is 6.45. The van der Waals surface area contributed by atoms with Gasteiger partial charge in [0.25, 0.3) is 0 Å². The Morgan fingerprint density at radius 2 is 1.85 bits per heavy atom. The van der Waals surface area contributed by atoms with Crippen molar-refractivity contribution in [3.8, 4) is 5.75 Å². The Labute approximate surface area is 192 Å². The second kappa shape index (κ2) is 11.3. The second-order valence-electron chi connectivity index (χ2n) is 8.61. The summed E-state index contributed by atoms with van der Waals surface area (Å²) in [5, 5.41) is 28.2. The van der Waals surface area contributed by atoms with Crippen molar-refractivity contribution in [1.29, 1.82) is 0 Å². The number of aliphatic hydroxyl groups excluding tert-OH is 2. The molecule has 8 N–H and O–H groups in total. The molecule has 10 nitrogen and oxygen atoms in total. The van der Waals surface area contributed by atoms with Crippen molar-refractivity contribution in [2.24, 2.45) is 11.7 Å². The first-order valence-electron chi connectivity index (χ1n) is 11.2. The third-order valence-corrected chi connectivity index (χ3v) is 6.23. The number of methoxy groups -OCH3 is 1. The summed E-state index contributed by atoms with van der Waals surface area (Å²) in [5.74, 6) is -0.972. The highest BCUT2D eigenvalue weighted by atomic mass is 16.5. The Balaban J connectivity index is 1.67. The van der Waals surface area contributed by atoms with Gasteiger partial charge >= 0.3 is 0 Å². The van der Waals surface area contributed by atoms with Crippen LogP contribution in [-0.2, 0) is 20.8 Å². The first-order chi connectivity index (χ1) is 15.8. The highest BCUT2D eigenvalue weighted by molar-refractivity contribution is 5.97. The fourth-order valence-electron chi connectivity index (χ4n) is 4.21. The lowest BCUT2D eigenvalue weighted by Gasteiger charge is -2.32. The maximum Gasteiger partial charge on any atom is 0.247 e. The average Bonchev–Trinajstić information content (AvgIpc) is 2.82. The van der Waals surface area contributed by atoms with Crippen molar-refractivity contribution in [3.63, 3.8) is 0 Å². The monoisotopic (exact) mass is 461 g/mol. The van der Waals surface area contributed by atoms with E-state index in [0.717, 1.165) is 31.5 Å². The van der Waals surface area contributed by atoms with Gasteiger partial charge in [-0.15, -0.1) is 0 Å².